The van der Waals surface area contributed by atoms with Crippen molar-refractivity contribution in [2.75, 3.05) is 38.0 Å². The summed E-state index contributed by atoms with van der Waals surface area (Å²) >= 11 is 0. The highest BCUT2D eigenvalue weighted by atomic mass is 16.3. The van der Waals surface area contributed by atoms with Crippen LogP contribution in [0, 0.1) is 6.92 Å². The van der Waals surface area contributed by atoms with Crippen molar-refractivity contribution in [1.29, 1.82) is 0 Å². The summed E-state index contributed by atoms with van der Waals surface area (Å²) < 4.78 is 1.67. The molecular formula is C18H25N5O2. The second-order valence-corrected chi connectivity index (χ2v) is 6.44. The van der Waals surface area contributed by atoms with Crippen LogP contribution in [0.4, 0.5) is 10.6 Å². The number of hydrogen-bond acceptors (Lipinski definition) is 4. The third kappa shape index (κ3) is 4.37. The number of carbonyl (C=O) groups is 1. The number of carbonyl (C=O) groups excluding carboxylic acids is 1. The first kappa shape index (κ1) is 17.4. The van der Waals surface area contributed by atoms with E-state index in [1.54, 1.807) is 9.58 Å². The molecule has 1 unspecified atom stereocenters. The summed E-state index contributed by atoms with van der Waals surface area (Å²) in [5.41, 5.74) is 1.80. The smallest absolute Gasteiger partial charge is 0.323 e. The van der Waals surface area contributed by atoms with E-state index in [9.17, 15) is 9.90 Å². The maximum atomic E-state index is 12.4. The Bertz CT molecular complexity index is 708. The molecule has 0 bridgehead atoms. The van der Waals surface area contributed by atoms with Gasteiger partial charge in [-0.2, -0.15) is 5.10 Å². The van der Waals surface area contributed by atoms with Crippen molar-refractivity contribution in [2.45, 2.75) is 13.0 Å². The van der Waals surface area contributed by atoms with E-state index in [-0.39, 0.29) is 6.03 Å². The number of aliphatic hydroxyl groups excluding tert-OH is 1. The topological polar surface area (TPSA) is 73.6 Å². The highest BCUT2D eigenvalue weighted by Crippen LogP contribution is 2.15. The second kappa shape index (κ2) is 7.67. The summed E-state index contributed by atoms with van der Waals surface area (Å²) in [5.74, 6) is 0.699. The van der Waals surface area contributed by atoms with Crippen molar-refractivity contribution >= 4 is 11.8 Å². The van der Waals surface area contributed by atoms with E-state index in [0.29, 0.717) is 25.5 Å². The summed E-state index contributed by atoms with van der Waals surface area (Å²) in [7, 11) is 1.81. The molecule has 0 saturated carbocycles. The van der Waals surface area contributed by atoms with Crippen LogP contribution < -0.4 is 5.32 Å². The molecule has 2 N–H and O–H groups in total. The maximum Gasteiger partial charge on any atom is 0.323 e. The zero-order valence-corrected chi connectivity index (χ0v) is 14.7. The first-order chi connectivity index (χ1) is 12.0. The van der Waals surface area contributed by atoms with Gasteiger partial charge in [0.05, 0.1) is 11.8 Å². The highest BCUT2D eigenvalue weighted by molar-refractivity contribution is 5.88. The number of aryl methyl sites for hydroxylation is 2. The molecule has 1 fully saturated rings. The molecule has 1 aromatic heterocycles. The Kier molecular flexibility index (Phi) is 5.35. The van der Waals surface area contributed by atoms with Crippen molar-refractivity contribution in [3.63, 3.8) is 0 Å². The molecule has 7 heteroatoms. The molecule has 1 aliphatic heterocycles. The molecule has 0 radical (unpaired) electrons. The molecule has 1 saturated heterocycles. The SMILES string of the molecule is Cc1cc(NC(=O)N2CCN(CC(O)c3ccccc3)CC2)n(C)n1. The predicted octanol–water partition coefficient (Wildman–Crippen LogP) is 1.61. The Balaban J connectivity index is 1.48. The molecule has 2 aromatic rings. The summed E-state index contributed by atoms with van der Waals surface area (Å²) in [5, 5.41) is 17.5. The van der Waals surface area contributed by atoms with E-state index in [1.165, 1.54) is 0 Å². The number of aliphatic hydroxyl groups is 1. The van der Waals surface area contributed by atoms with E-state index in [0.717, 1.165) is 24.3 Å². The van der Waals surface area contributed by atoms with Crippen molar-refractivity contribution in [2.24, 2.45) is 7.05 Å². The fraction of sp³-hybridized carbons (Fsp3) is 0.444. The van der Waals surface area contributed by atoms with Crippen LogP contribution in [0.2, 0.25) is 0 Å². The molecule has 0 aliphatic carbocycles. The number of piperazine rings is 1. The molecule has 1 aliphatic rings. The van der Waals surface area contributed by atoms with Crippen LogP contribution in [0.1, 0.15) is 17.4 Å². The number of hydrogen-bond donors (Lipinski definition) is 2. The number of rotatable bonds is 4. The van der Waals surface area contributed by atoms with E-state index >= 15 is 0 Å². The van der Waals surface area contributed by atoms with Gasteiger partial charge >= 0.3 is 6.03 Å². The van der Waals surface area contributed by atoms with Gasteiger partial charge < -0.3 is 10.0 Å². The average molecular weight is 343 g/mol. The maximum absolute atomic E-state index is 12.4. The van der Waals surface area contributed by atoms with Crippen LogP contribution >= 0.6 is 0 Å². The third-order valence-electron chi connectivity index (χ3n) is 4.51. The fourth-order valence-electron chi connectivity index (χ4n) is 3.07. The van der Waals surface area contributed by atoms with Crippen LogP contribution in [0.5, 0.6) is 0 Å². The number of anilines is 1. The fourth-order valence-corrected chi connectivity index (χ4v) is 3.07. The van der Waals surface area contributed by atoms with Gasteiger partial charge in [-0.1, -0.05) is 30.3 Å². The second-order valence-electron chi connectivity index (χ2n) is 6.44. The van der Waals surface area contributed by atoms with Crippen LogP contribution in [-0.4, -0.2) is 63.4 Å². The van der Waals surface area contributed by atoms with Gasteiger partial charge in [-0.3, -0.25) is 14.9 Å². The van der Waals surface area contributed by atoms with Gasteiger partial charge in [0, 0.05) is 45.8 Å². The number of amides is 2. The monoisotopic (exact) mass is 343 g/mol. The molecule has 3 rings (SSSR count). The van der Waals surface area contributed by atoms with Crippen LogP contribution in [-0.2, 0) is 7.05 Å². The Morgan fingerprint density at radius 2 is 1.92 bits per heavy atom. The molecule has 25 heavy (non-hydrogen) atoms. The molecule has 1 atom stereocenters. The average Bonchev–Trinajstić information content (AvgIpc) is 2.93. The number of urea groups is 1. The highest BCUT2D eigenvalue weighted by Gasteiger charge is 2.23. The number of aromatic nitrogens is 2. The molecule has 134 valence electrons. The Hall–Kier alpha value is -2.38. The molecule has 2 amide bonds. The summed E-state index contributed by atoms with van der Waals surface area (Å²) in [6.45, 7) is 5.27. The molecule has 0 spiro atoms. The standard InChI is InChI=1S/C18H25N5O2/c1-14-12-17(21(2)20-14)19-18(25)23-10-8-22(9-11-23)13-16(24)15-6-4-3-5-7-15/h3-7,12,16,24H,8-11,13H2,1-2H3,(H,19,25). The van der Waals surface area contributed by atoms with Crippen molar-refractivity contribution in [3.05, 3.63) is 47.7 Å². The number of nitrogens with one attached hydrogen (secondary N) is 1. The molecule has 2 heterocycles. The summed E-state index contributed by atoms with van der Waals surface area (Å²) in [6.07, 6.45) is -0.501. The van der Waals surface area contributed by atoms with Crippen molar-refractivity contribution in [3.8, 4) is 0 Å². The van der Waals surface area contributed by atoms with Crippen LogP contribution in [0.15, 0.2) is 36.4 Å². The first-order valence-electron chi connectivity index (χ1n) is 8.55. The summed E-state index contributed by atoms with van der Waals surface area (Å²) in [4.78, 5) is 16.4. The van der Waals surface area contributed by atoms with Gasteiger partial charge in [-0.15, -0.1) is 0 Å². The normalized spacial score (nSPS) is 16.7. The van der Waals surface area contributed by atoms with Gasteiger partial charge in [-0.25, -0.2) is 4.79 Å². The van der Waals surface area contributed by atoms with E-state index in [1.807, 2.05) is 50.4 Å². The molecule has 1 aromatic carbocycles. The zero-order chi connectivity index (χ0) is 17.8. The molecule has 7 nitrogen and oxygen atoms in total. The third-order valence-corrected chi connectivity index (χ3v) is 4.51. The zero-order valence-electron chi connectivity index (χ0n) is 14.7. The Labute approximate surface area is 147 Å². The Morgan fingerprint density at radius 1 is 1.24 bits per heavy atom. The Morgan fingerprint density at radius 3 is 2.52 bits per heavy atom. The lowest BCUT2D eigenvalue weighted by molar-refractivity contribution is 0.0831. The van der Waals surface area contributed by atoms with Gasteiger partial charge in [0.1, 0.15) is 5.82 Å². The predicted molar refractivity (Wildman–Crippen MR) is 96.4 cm³/mol. The summed E-state index contributed by atoms with van der Waals surface area (Å²) in [6, 6.07) is 11.4. The lowest BCUT2D eigenvalue weighted by Crippen LogP contribution is -2.50. The molecular weight excluding hydrogens is 318 g/mol. The van der Waals surface area contributed by atoms with E-state index in [4.69, 9.17) is 0 Å². The van der Waals surface area contributed by atoms with E-state index in [2.05, 4.69) is 15.3 Å². The van der Waals surface area contributed by atoms with Gasteiger partial charge in [0.15, 0.2) is 0 Å². The minimum Gasteiger partial charge on any atom is -0.387 e. The van der Waals surface area contributed by atoms with E-state index < -0.39 is 6.10 Å². The van der Waals surface area contributed by atoms with Crippen LogP contribution in [0.3, 0.4) is 0 Å². The minimum atomic E-state index is -0.501. The lowest BCUT2D eigenvalue weighted by atomic mass is 10.1. The number of benzene rings is 1. The van der Waals surface area contributed by atoms with Crippen molar-refractivity contribution < 1.29 is 9.90 Å². The van der Waals surface area contributed by atoms with Crippen molar-refractivity contribution in [1.82, 2.24) is 19.6 Å². The minimum absolute atomic E-state index is 0.105. The van der Waals surface area contributed by atoms with Crippen LogP contribution in [0.25, 0.3) is 0 Å². The number of nitrogens with zero attached hydrogens (tertiary/aromatic N) is 4. The van der Waals surface area contributed by atoms with Gasteiger partial charge in [0.2, 0.25) is 0 Å². The number of β-amino-alcohol motifs (C(OH)–C–C–N with tert-alkyl or cyclic N) is 1. The van der Waals surface area contributed by atoms with Gasteiger partial charge in [0.25, 0.3) is 0 Å². The van der Waals surface area contributed by atoms with Gasteiger partial charge in [-0.05, 0) is 12.5 Å². The largest absolute Gasteiger partial charge is 0.387 e. The lowest BCUT2D eigenvalue weighted by Gasteiger charge is -2.35. The quantitative estimate of drug-likeness (QED) is 0.885. The first-order valence-corrected chi connectivity index (χ1v) is 8.55.